The molecular weight excluding hydrogens is 330 g/mol. The van der Waals surface area contributed by atoms with Gasteiger partial charge in [0.1, 0.15) is 18.1 Å². The highest BCUT2D eigenvalue weighted by molar-refractivity contribution is 5.88. The fourth-order valence-electron chi connectivity index (χ4n) is 2.44. The van der Waals surface area contributed by atoms with Crippen molar-refractivity contribution in [2.24, 2.45) is 0 Å². The zero-order valence-electron chi connectivity index (χ0n) is 14.6. The number of aromatic nitrogens is 1. The van der Waals surface area contributed by atoms with Gasteiger partial charge < -0.3 is 14.2 Å². The lowest BCUT2D eigenvalue weighted by Gasteiger charge is -2.09. The number of nitrogens with zero attached hydrogens (tertiary/aromatic N) is 1. The summed E-state index contributed by atoms with van der Waals surface area (Å²) < 4.78 is 15.8. The molecule has 0 aliphatic heterocycles. The molecule has 5 nitrogen and oxygen atoms in total. The van der Waals surface area contributed by atoms with Crippen molar-refractivity contribution in [3.63, 3.8) is 0 Å². The fourth-order valence-corrected chi connectivity index (χ4v) is 2.44. The molecule has 0 amide bonds. The molecule has 0 spiro atoms. The number of pyridine rings is 1. The number of ether oxygens (including phenoxy) is 3. The second-order valence-corrected chi connectivity index (χ2v) is 5.57. The van der Waals surface area contributed by atoms with E-state index in [1.54, 1.807) is 19.2 Å². The number of esters is 1. The quantitative estimate of drug-likeness (QED) is 0.627. The Morgan fingerprint density at radius 1 is 0.923 bits per heavy atom. The van der Waals surface area contributed by atoms with Gasteiger partial charge >= 0.3 is 5.97 Å². The van der Waals surface area contributed by atoms with Gasteiger partial charge in [-0.25, -0.2) is 9.78 Å². The number of benzene rings is 2. The van der Waals surface area contributed by atoms with E-state index in [-0.39, 0.29) is 5.69 Å². The normalized spacial score (nSPS) is 10.2. The van der Waals surface area contributed by atoms with Crippen molar-refractivity contribution in [2.45, 2.75) is 6.61 Å². The molecule has 0 radical (unpaired) electrons. The molecule has 26 heavy (non-hydrogen) atoms. The van der Waals surface area contributed by atoms with Crippen LogP contribution in [0, 0.1) is 0 Å². The van der Waals surface area contributed by atoms with E-state index in [4.69, 9.17) is 14.2 Å². The van der Waals surface area contributed by atoms with Gasteiger partial charge in [-0.3, -0.25) is 0 Å². The summed E-state index contributed by atoms with van der Waals surface area (Å²) >= 11 is 0. The number of carbonyl (C=O) groups excluding carboxylic acids is 1. The maximum absolute atomic E-state index is 11.8. The molecule has 0 N–H and O–H groups in total. The molecule has 0 aliphatic rings. The Kier molecular flexibility index (Phi) is 5.49. The summed E-state index contributed by atoms with van der Waals surface area (Å²) in [5.74, 6) is 0.793. The maximum Gasteiger partial charge on any atom is 0.356 e. The number of carbonyl (C=O) groups is 1. The lowest BCUT2D eigenvalue weighted by atomic mass is 10.1. The van der Waals surface area contributed by atoms with Gasteiger partial charge in [-0.05, 0) is 29.8 Å². The molecule has 5 heteroatoms. The number of methoxy groups -OCH3 is 2. The van der Waals surface area contributed by atoms with Gasteiger partial charge in [0.05, 0.1) is 19.9 Å². The molecule has 0 saturated carbocycles. The van der Waals surface area contributed by atoms with E-state index in [1.165, 1.54) is 7.11 Å². The van der Waals surface area contributed by atoms with Crippen LogP contribution in [-0.2, 0) is 11.3 Å². The molecule has 132 valence electrons. The van der Waals surface area contributed by atoms with Crippen LogP contribution in [0.25, 0.3) is 11.3 Å². The third-order valence-electron chi connectivity index (χ3n) is 3.83. The first-order valence-electron chi connectivity index (χ1n) is 8.11. The zero-order valence-corrected chi connectivity index (χ0v) is 14.6. The van der Waals surface area contributed by atoms with Crippen LogP contribution in [0.15, 0.2) is 66.7 Å². The van der Waals surface area contributed by atoms with Gasteiger partial charge in [-0.15, -0.1) is 0 Å². The van der Waals surface area contributed by atoms with Gasteiger partial charge in [0.15, 0.2) is 5.69 Å². The minimum absolute atomic E-state index is 0.200. The molecule has 3 aromatic rings. The van der Waals surface area contributed by atoms with Crippen molar-refractivity contribution >= 4 is 5.97 Å². The largest absolute Gasteiger partial charge is 0.497 e. The summed E-state index contributed by atoms with van der Waals surface area (Å²) in [6.07, 6.45) is 0. The highest BCUT2D eigenvalue weighted by Crippen LogP contribution is 2.25. The van der Waals surface area contributed by atoms with Gasteiger partial charge in [-0.1, -0.05) is 30.3 Å². The van der Waals surface area contributed by atoms with Gasteiger partial charge in [0.2, 0.25) is 0 Å². The molecule has 0 fully saturated rings. The summed E-state index contributed by atoms with van der Waals surface area (Å²) in [6.45, 7) is 0.504. The standard InChI is InChI=1S/C21H19NO4/c1-24-18-12-19(22-20(13-18)21(23)25-2)16-8-10-17(11-9-16)26-14-15-6-4-3-5-7-15/h3-13H,14H2,1-2H3. The first-order valence-corrected chi connectivity index (χ1v) is 8.11. The third kappa shape index (κ3) is 4.19. The van der Waals surface area contributed by atoms with Crippen LogP contribution >= 0.6 is 0 Å². The Balaban J connectivity index is 1.78. The molecule has 3 rings (SSSR count). The zero-order chi connectivity index (χ0) is 18.4. The highest BCUT2D eigenvalue weighted by Gasteiger charge is 2.12. The van der Waals surface area contributed by atoms with Crippen molar-refractivity contribution in [1.29, 1.82) is 0 Å². The molecule has 0 aliphatic carbocycles. The summed E-state index contributed by atoms with van der Waals surface area (Å²) in [5, 5.41) is 0. The second kappa shape index (κ2) is 8.16. The van der Waals surface area contributed by atoms with Gasteiger partial charge in [-0.2, -0.15) is 0 Å². The van der Waals surface area contributed by atoms with Crippen LogP contribution in [0.3, 0.4) is 0 Å². The molecule has 0 bridgehead atoms. The first kappa shape index (κ1) is 17.5. The van der Waals surface area contributed by atoms with E-state index in [0.717, 1.165) is 16.9 Å². The van der Waals surface area contributed by atoms with Crippen LogP contribution in [0.4, 0.5) is 0 Å². The summed E-state index contributed by atoms with van der Waals surface area (Å²) in [7, 11) is 2.86. The SMILES string of the molecule is COC(=O)c1cc(OC)cc(-c2ccc(OCc3ccccc3)cc2)n1. The van der Waals surface area contributed by atoms with Crippen LogP contribution in [0.5, 0.6) is 11.5 Å². The van der Waals surface area contributed by atoms with Crippen molar-refractivity contribution in [2.75, 3.05) is 14.2 Å². The Bertz CT molecular complexity index is 876. The third-order valence-corrected chi connectivity index (χ3v) is 3.83. The number of rotatable bonds is 6. The number of hydrogen-bond donors (Lipinski definition) is 0. The molecule has 0 unspecified atom stereocenters. The van der Waals surface area contributed by atoms with Gasteiger partial charge in [0, 0.05) is 17.7 Å². The molecule has 2 aromatic carbocycles. The van der Waals surface area contributed by atoms with E-state index in [2.05, 4.69) is 4.98 Å². The van der Waals surface area contributed by atoms with Crippen LogP contribution in [0.2, 0.25) is 0 Å². The van der Waals surface area contributed by atoms with E-state index in [9.17, 15) is 4.79 Å². The van der Waals surface area contributed by atoms with Crippen molar-refractivity contribution in [3.8, 4) is 22.8 Å². The fraction of sp³-hybridized carbons (Fsp3) is 0.143. The van der Waals surface area contributed by atoms with Gasteiger partial charge in [0.25, 0.3) is 0 Å². The van der Waals surface area contributed by atoms with E-state index < -0.39 is 5.97 Å². The summed E-state index contributed by atoms with van der Waals surface area (Å²) in [6, 6.07) is 20.8. The molecule has 1 aromatic heterocycles. The Labute approximate surface area is 152 Å². The monoisotopic (exact) mass is 349 g/mol. The Morgan fingerprint density at radius 3 is 2.31 bits per heavy atom. The van der Waals surface area contributed by atoms with Crippen molar-refractivity contribution < 1.29 is 19.0 Å². The van der Waals surface area contributed by atoms with E-state index in [1.807, 2.05) is 54.6 Å². The molecule has 0 saturated heterocycles. The lowest BCUT2D eigenvalue weighted by Crippen LogP contribution is -2.05. The summed E-state index contributed by atoms with van der Waals surface area (Å²) in [5.41, 5.74) is 2.78. The van der Waals surface area contributed by atoms with Crippen LogP contribution < -0.4 is 9.47 Å². The smallest absolute Gasteiger partial charge is 0.356 e. The second-order valence-electron chi connectivity index (χ2n) is 5.57. The van der Waals surface area contributed by atoms with Crippen LogP contribution in [-0.4, -0.2) is 25.2 Å². The minimum atomic E-state index is -0.507. The highest BCUT2D eigenvalue weighted by atomic mass is 16.5. The predicted octanol–water partition coefficient (Wildman–Crippen LogP) is 4.12. The topological polar surface area (TPSA) is 57.7 Å². The van der Waals surface area contributed by atoms with Crippen molar-refractivity contribution in [3.05, 3.63) is 78.0 Å². The van der Waals surface area contributed by atoms with Crippen LogP contribution in [0.1, 0.15) is 16.1 Å². The minimum Gasteiger partial charge on any atom is -0.497 e. The first-order chi connectivity index (χ1) is 12.7. The van der Waals surface area contributed by atoms with Crippen molar-refractivity contribution in [1.82, 2.24) is 4.98 Å². The lowest BCUT2D eigenvalue weighted by molar-refractivity contribution is 0.0593. The average molecular weight is 349 g/mol. The maximum atomic E-state index is 11.8. The Hall–Kier alpha value is -3.34. The number of hydrogen-bond acceptors (Lipinski definition) is 5. The predicted molar refractivity (Wildman–Crippen MR) is 98.3 cm³/mol. The Morgan fingerprint density at radius 2 is 1.65 bits per heavy atom. The van der Waals surface area contributed by atoms with E-state index in [0.29, 0.717) is 18.1 Å². The molecular formula is C21H19NO4. The molecule has 1 heterocycles. The average Bonchev–Trinajstić information content (AvgIpc) is 2.72. The molecule has 0 atom stereocenters. The van der Waals surface area contributed by atoms with E-state index >= 15 is 0 Å². The summed E-state index contributed by atoms with van der Waals surface area (Å²) in [4.78, 5) is 16.1.